The van der Waals surface area contributed by atoms with Crippen LogP contribution in [0.25, 0.3) is 33.2 Å². The van der Waals surface area contributed by atoms with Crippen molar-refractivity contribution in [2.45, 2.75) is 38.5 Å². The summed E-state index contributed by atoms with van der Waals surface area (Å²) in [7, 11) is 0. The maximum atomic E-state index is 13.1. The molecule has 35 heavy (non-hydrogen) atoms. The lowest BCUT2D eigenvalue weighted by atomic mass is 10.0. The molecule has 180 valence electrons. The van der Waals surface area contributed by atoms with E-state index >= 15 is 0 Å². The lowest BCUT2D eigenvalue weighted by Gasteiger charge is -2.34. The zero-order valence-corrected chi connectivity index (χ0v) is 19.0. The van der Waals surface area contributed by atoms with Crippen molar-refractivity contribution >= 4 is 27.8 Å². The summed E-state index contributed by atoms with van der Waals surface area (Å²) in [4.78, 5) is 55.2. The monoisotopic (exact) mass is 476 g/mol. The quantitative estimate of drug-likeness (QED) is 0.364. The molecule has 0 unspecified atom stereocenters. The smallest absolute Gasteiger partial charge is 0.329 e. The number of nitrogens with zero attached hydrogens (tertiary/aromatic N) is 5. The van der Waals surface area contributed by atoms with E-state index in [-0.39, 0.29) is 23.9 Å². The van der Waals surface area contributed by atoms with Crippen LogP contribution in [0.2, 0.25) is 0 Å². The molecule has 1 aliphatic heterocycles. The summed E-state index contributed by atoms with van der Waals surface area (Å²) in [6.45, 7) is 2.03. The third kappa shape index (κ3) is 4.08. The van der Waals surface area contributed by atoms with Crippen LogP contribution in [0.5, 0.6) is 0 Å². The Morgan fingerprint density at radius 2 is 1.91 bits per heavy atom. The molecule has 1 fully saturated rings. The zero-order chi connectivity index (χ0) is 24.7. The minimum atomic E-state index is -1.08. The third-order valence-electron chi connectivity index (χ3n) is 6.39. The van der Waals surface area contributed by atoms with E-state index in [1.54, 1.807) is 39.9 Å². The molecule has 11 nitrogen and oxygen atoms in total. The number of carbonyl (C=O) groups excluding carboxylic acids is 1. The number of hydrogen-bond acceptors (Lipinski definition) is 8. The highest BCUT2D eigenvalue weighted by molar-refractivity contribution is 6.01. The maximum absolute atomic E-state index is 13.1. The topological polar surface area (TPSA) is 154 Å². The molecule has 0 radical (unpaired) electrons. The number of rotatable bonds is 4. The molecule has 0 aromatic carbocycles. The first-order chi connectivity index (χ1) is 16.9. The van der Waals surface area contributed by atoms with Gasteiger partial charge in [0.1, 0.15) is 11.6 Å². The van der Waals surface area contributed by atoms with Crippen LogP contribution < -0.4 is 11.2 Å². The number of pyridine rings is 3. The van der Waals surface area contributed by atoms with Crippen LogP contribution in [-0.4, -0.2) is 64.7 Å². The zero-order valence-electron chi connectivity index (χ0n) is 19.0. The molecule has 1 amide bonds. The Balaban J connectivity index is 1.65. The summed E-state index contributed by atoms with van der Waals surface area (Å²) in [5.74, 6) is -0.344. The number of hydrogen-bond donors (Lipinski definition) is 3. The summed E-state index contributed by atoms with van der Waals surface area (Å²) in [5, 5.41) is 19.1. The van der Waals surface area contributed by atoms with E-state index in [2.05, 4.69) is 15.0 Å². The number of piperidine rings is 1. The van der Waals surface area contributed by atoms with E-state index in [1.807, 2.05) is 0 Å². The number of aliphatic hydroxyl groups is 2. The van der Waals surface area contributed by atoms with Gasteiger partial charge in [0, 0.05) is 37.1 Å². The van der Waals surface area contributed by atoms with Crippen LogP contribution in [0.1, 0.15) is 31.5 Å². The molecule has 0 spiro atoms. The van der Waals surface area contributed by atoms with E-state index in [0.29, 0.717) is 59.4 Å². The maximum Gasteiger partial charge on any atom is 0.329 e. The van der Waals surface area contributed by atoms with Gasteiger partial charge in [0.2, 0.25) is 0 Å². The molecular formula is C24H24N6O5. The van der Waals surface area contributed by atoms with Crippen molar-refractivity contribution in [1.29, 1.82) is 0 Å². The van der Waals surface area contributed by atoms with Crippen molar-refractivity contribution in [1.82, 2.24) is 29.4 Å². The first-order valence-corrected chi connectivity index (χ1v) is 11.3. The molecule has 3 N–H and O–H groups in total. The van der Waals surface area contributed by atoms with Crippen molar-refractivity contribution in [2.24, 2.45) is 0 Å². The number of likely N-dealkylation sites (tertiary alicyclic amines) is 1. The average molecular weight is 476 g/mol. The van der Waals surface area contributed by atoms with Gasteiger partial charge in [-0.1, -0.05) is 0 Å². The molecule has 1 atom stereocenters. The first-order valence-electron chi connectivity index (χ1n) is 11.3. The van der Waals surface area contributed by atoms with E-state index in [9.17, 15) is 24.6 Å². The average Bonchev–Trinajstić information content (AvgIpc) is 2.88. The number of aromatic nitrogens is 5. The van der Waals surface area contributed by atoms with E-state index in [4.69, 9.17) is 4.98 Å². The molecular weight excluding hydrogens is 452 g/mol. The van der Waals surface area contributed by atoms with Crippen molar-refractivity contribution in [3.8, 4) is 11.3 Å². The van der Waals surface area contributed by atoms with Gasteiger partial charge in [0.15, 0.2) is 0 Å². The molecule has 11 heteroatoms. The van der Waals surface area contributed by atoms with Crippen LogP contribution in [-0.2, 0) is 11.4 Å². The highest BCUT2D eigenvalue weighted by Crippen LogP contribution is 2.29. The number of amides is 1. The largest absolute Gasteiger partial charge is 0.390 e. The summed E-state index contributed by atoms with van der Waals surface area (Å²) >= 11 is 0. The Kier molecular flexibility index (Phi) is 5.87. The van der Waals surface area contributed by atoms with Gasteiger partial charge in [-0.2, -0.15) is 0 Å². The number of H-pyrrole nitrogens is 1. The van der Waals surface area contributed by atoms with Crippen molar-refractivity contribution in [3.63, 3.8) is 0 Å². The second-order valence-corrected chi connectivity index (χ2v) is 8.64. The Hall–Kier alpha value is -3.96. The van der Waals surface area contributed by atoms with Crippen molar-refractivity contribution < 1.29 is 15.0 Å². The summed E-state index contributed by atoms with van der Waals surface area (Å²) < 4.78 is 1.55. The van der Waals surface area contributed by atoms with Crippen LogP contribution in [0.4, 0.5) is 0 Å². The lowest BCUT2D eigenvalue weighted by Crippen LogP contribution is -2.45. The summed E-state index contributed by atoms with van der Waals surface area (Å²) in [6, 6.07) is 6.77. The minimum absolute atomic E-state index is 0.170. The SMILES string of the molecule is C[C@@H](O)C(=O)N1CCC(n2c(=O)[nH]c(=O)c3cnc4ccc(-c5ccc(CO)nc5)nc4c32)CC1. The Labute approximate surface area is 198 Å². The number of aromatic amines is 1. The minimum Gasteiger partial charge on any atom is -0.390 e. The van der Waals surface area contributed by atoms with Crippen molar-refractivity contribution in [2.75, 3.05) is 13.1 Å². The van der Waals surface area contributed by atoms with E-state index in [1.165, 1.54) is 13.1 Å². The normalized spacial score (nSPS) is 15.6. The number of carbonyl (C=O) groups is 1. The third-order valence-corrected chi connectivity index (χ3v) is 6.39. The van der Waals surface area contributed by atoms with Gasteiger partial charge < -0.3 is 15.1 Å². The molecule has 1 saturated heterocycles. The lowest BCUT2D eigenvalue weighted by molar-refractivity contribution is -0.140. The fraction of sp³-hybridized carbons (Fsp3) is 0.333. The van der Waals surface area contributed by atoms with Gasteiger partial charge >= 0.3 is 5.69 Å². The summed E-state index contributed by atoms with van der Waals surface area (Å²) in [6.07, 6.45) is 2.93. The van der Waals surface area contributed by atoms with Crippen molar-refractivity contribution in [3.05, 3.63) is 63.2 Å². The fourth-order valence-corrected chi connectivity index (χ4v) is 4.58. The molecule has 5 heterocycles. The van der Waals surface area contributed by atoms with Crippen LogP contribution in [0, 0.1) is 0 Å². The highest BCUT2D eigenvalue weighted by Gasteiger charge is 2.28. The molecule has 0 saturated carbocycles. The predicted molar refractivity (Wildman–Crippen MR) is 128 cm³/mol. The van der Waals surface area contributed by atoms with Crippen LogP contribution in [0.3, 0.4) is 0 Å². The fourth-order valence-electron chi connectivity index (χ4n) is 4.58. The number of fused-ring (bicyclic) bond motifs is 3. The first kappa shape index (κ1) is 22.8. The molecule has 4 aromatic rings. The predicted octanol–water partition coefficient (Wildman–Crippen LogP) is 0.732. The molecule has 5 rings (SSSR count). The van der Waals surface area contributed by atoms with Gasteiger partial charge in [0.05, 0.1) is 34.4 Å². The summed E-state index contributed by atoms with van der Waals surface area (Å²) in [5.41, 5.74) is 2.08. The Morgan fingerprint density at radius 1 is 1.14 bits per heavy atom. The van der Waals surface area contributed by atoms with Gasteiger partial charge in [0.25, 0.3) is 11.5 Å². The van der Waals surface area contributed by atoms with Gasteiger partial charge in [-0.25, -0.2) is 9.78 Å². The second-order valence-electron chi connectivity index (χ2n) is 8.64. The van der Waals surface area contributed by atoms with Crippen LogP contribution >= 0.6 is 0 Å². The standard InChI is InChI=1S/C24H24N6O5/c1-13(32)23(34)29-8-6-16(7-9-29)30-21-17(22(33)28-24(30)35)11-26-19-5-4-18(27-20(19)21)14-2-3-15(12-31)25-10-14/h2-5,10-11,13,16,31-32H,6-9,12H2,1H3,(H,28,33,35)/t13-/m1/s1. The van der Waals surface area contributed by atoms with Gasteiger partial charge in [-0.05, 0) is 44.0 Å². The number of nitrogens with one attached hydrogen (secondary N) is 1. The van der Waals surface area contributed by atoms with E-state index in [0.717, 1.165) is 0 Å². The molecule has 1 aliphatic rings. The highest BCUT2D eigenvalue weighted by atomic mass is 16.3. The number of aliphatic hydroxyl groups excluding tert-OH is 2. The van der Waals surface area contributed by atoms with Gasteiger partial charge in [-0.3, -0.25) is 29.1 Å². The Bertz CT molecular complexity index is 1530. The van der Waals surface area contributed by atoms with E-state index < -0.39 is 17.4 Å². The molecule has 0 bridgehead atoms. The van der Waals surface area contributed by atoms with Gasteiger partial charge in [-0.15, -0.1) is 0 Å². The second kappa shape index (κ2) is 9.01. The Morgan fingerprint density at radius 3 is 2.57 bits per heavy atom. The molecule has 0 aliphatic carbocycles. The molecule has 4 aromatic heterocycles. The van der Waals surface area contributed by atoms with Crippen LogP contribution in [0.15, 0.2) is 46.2 Å².